The molecule has 23 heavy (non-hydrogen) atoms. The molecule has 2 aliphatic rings. The molecule has 0 bridgehead atoms. The average molecular weight is 332 g/mol. The first-order valence-corrected chi connectivity index (χ1v) is 9.36. The monoisotopic (exact) mass is 332 g/mol. The summed E-state index contributed by atoms with van der Waals surface area (Å²) in [6, 6.07) is 7.23. The highest BCUT2D eigenvalue weighted by atomic mass is 32.2. The second kappa shape index (κ2) is 6.53. The number of rotatable bonds is 2. The van der Waals surface area contributed by atoms with E-state index >= 15 is 0 Å². The number of anilines is 2. The van der Waals surface area contributed by atoms with Crippen LogP contribution in [-0.2, 0) is 0 Å². The number of aromatic nitrogens is 1. The smallest absolute Gasteiger partial charge is 0.139 e. The third-order valence-corrected chi connectivity index (χ3v) is 5.48. The molecule has 6 heteroatoms. The Bertz CT molecular complexity index is 696. The molecule has 0 unspecified atom stereocenters. The second-order valence-electron chi connectivity index (χ2n) is 5.98. The highest BCUT2D eigenvalue weighted by molar-refractivity contribution is 7.99. The normalized spacial score (nSPS) is 19.3. The van der Waals surface area contributed by atoms with Gasteiger partial charge in [0.1, 0.15) is 17.5 Å². The summed E-state index contributed by atoms with van der Waals surface area (Å²) in [5, 5.41) is 4.97. The van der Waals surface area contributed by atoms with Gasteiger partial charge in [0.15, 0.2) is 0 Å². The average Bonchev–Trinajstić information content (AvgIpc) is 2.63. The minimum absolute atomic E-state index is 0.158. The van der Waals surface area contributed by atoms with Crippen molar-refractivity contribution in [1.82, 2.24) is 10.3 Å². The maximum absolute atomic E-state index is 14.4. The quantitative estimate of drug-likeness (QED) is 0.912. The maximum Gasteiger partial charge on any atom is 0.139 e. The molecule has 2 aromatic rings. The Morgan fingerprint density at radius 1 is 1.00 bits per heavy atom. The van der Waals surface area contributed by atoms with E-state index in [1.165, 1.54) is 0 Å². The van der Waals surface area contributed by atoms with Crippen LogP contribution < -0.4 is 15.1 Å². The number of hydrogen-bond donors (Lipinski definition) is 1. The topological polar surface area (TPSA) is 31.4 Å². The zero-order valence-corrected chi connectivity index (χ0v) is 13.9. The van der Waals surface area contributed by atoms with Crippen LogP contribution in [0.4, 0.5) is 16.0 Å². The first-order chi connectivity index (χ1) is 11.3. The molecule has 1 aromatic heterocycles. The van der Waals surface area contributed by atoms with E-state index in [1.807, 2.05) is 23.9 Å². The van der Waals surface area contributed by atoms with Gasteiger partial charge >= 0.3 is 0 Å². The number of piperazine rings is 1. The summed E-state index contributed by atoms with van der Waals surface area (Å²) in [6.45, 7) is 5.70. The largest absolute Gasteiger partial charge is 0.354 e. The van der Waals surface area contributed by atoms with Crippen LogP contribution in [0.25, 0.3) is 10.8 Å². The van der Waals surface area contributed by atoms with Crippen LogP contribution in [0.1, 0.15) is 0 Å². The number of thioether (sulfide) groups is 1. The van der Waals surface area contributed by atoms with Crippen LogP contribution in [0.2, 0.25) is 0 Å². The SMILES string of the molecule is Fc1cccc2c(N3CCSCC3)nc(N3CCNCC3)cc12. The molecule has 4 nitrogen and oxygen atoms in total. The lowest BCUT2D eigenvalue weighted by atomic mass is 10.1. The summed E-state index contributed by atoms with van der Waals surface area (Å²) in [5.41, 5.74) is 0. The lowest BCUT2D eigenvalue weighted by molar-refractivity contribution is 0.585. The summed E-state index contributed by atoms with van der Waals surface area (Å²) in [6.07, 6.45) is 0. The van der Waals surface area contributed by atoms with E-state index in [9.17, 15) is 4.39 Å². The lowest BCUT2D eigenvalue weighted by Crippen LogP contribution is -2.44. The number of fused-ring (bicyclic) bond motifs is 1. The van der Waals surface area contributed by atoms with Crippen molar-refractivity contribution in [3.8, 4) is 0 Å². The molecule has 1 aromatic carbocycles. The van der Waals surface area contributed by atoms with Gasteiger partial charge in [0, 0.05) is 61.5 Å². The summed E-state index contributed by atoms with van der Waals surface area (Å²) >= 11 is 1.97. The van der Waals surface area contributed by atoms with E-state index in [2.05, 4.69) is 15.1 Å². The molecule has 2 saturated heterocycles. The third-order valence-electron chi connectivity index (χ3n) is 4.54. The number of benzene rings is 1. The van der Waals surface area contributed by atoms with Crippen molar-refractivity contribution >= 4 is 34.2 Å². The summed E-state index contributed by atoms with van der Waals surface area (Å²) in [7, 11) is 0. The molecule has 0 radical (unpaired) electrons. The molecular formula is C17H21FN4S. The number of nitrogens with zero attached hydrogens (tertiary/aromatic N) is 3. The zero-order valence-electron chi connectivity index (χ0n) is 13.1. The lowest BCUT2D eigenvalue weighted by Gasteiger charge is -2.32. The van der Waals surface area contributed by atoms with Crippen molar-refractivity contribution in [3.63, 3.8) is 0 Å². The molecule has 2 fully saturated rings. The van der Waals surface area contributed by atoms with Crippen molar-refractivity contribution in [2.75, 3.05) is 60.6 Å². The van der Waals surface area contributed by atoms with E-state index in [4.69, 9.17) is 4.98 Å². The highest BCUT2D eigenvalue weighted by Gasteiger charge is 2.20. The van der Waals surface area contributed by atoms with Crippen LogP contribution in [0.15, 0.2) is 24.3 Å². The van der Waals surface area contributed by atoms with Gasteiger partial charge in [-0.1, -0.05) is 12.1 Å². The van der Waals surface area contributed by atoms with Gasteiger partial charge in [-0.05, 0) is 12.1 Å². The van der Waals surface area contributed by atoms with Gasteiger partial charge < -0.3 is 15.1 Å². The Balaban J connectivity index is 1.82. The molecule has 0 saturated carbocycles. The molecule has 3 heterocycles. The molecule has 4 rings (SSSR count). The summed E-state index contributed by atoms with van der Waals surface area (Å²) < 4.78 is 14.4. The Kier molecular flexibility index (Phi) is 4.27. The van der Waals surface area contributed by atoms with Crippen molar-refractivity contribution in [3.05, 3.63) is 30.1 Å². The Labute approximate surface area is 140 Å². The molecular weight excluding hydrogens is 311 g/mol. The number of halogens is 1. The fraction of sp³-hybridized carbons (Fsp3) is 0.471. The van der Waals surface area contributed by atoms with Crippen LogP contribution in [0.3, 0.4) is 0 Å². The Hall–Kier alpha value is -1.53. The van der Waals surface area contributed by atoms with Crippen molar-refractivity contribution in [2.24, 2.45) is 0 Å². The van der Waals surface area contributed by atoms with E-state index in [0.29, 0.717) is 5.39 Å². The van der Waals surface area contributed by atoms with Gasteiger partial charge in [0.05, 0.1) is 0 Å². The Morgan fingerprint density at radius 2 is 1.78 bits per heavy atom. The molecule has 1 N–H and O–H groups in total. The predicted molar refractivity (Wildman–Crippen MR) is 96.3 cm³/mol. The van der Waals surface area contributed by atoms with E-state index in [-0.39, 0.29) is 5.82 Å². The molecule has 2 aliphatic heterocycles. The van der Waals surface area contributed by atoms with E-state index in [0.717, 1.165) is 67.8 Å². The minimum Gasteiger partial charge on any atom is -0.354 e. The molecule has 0 amide bonds. The highest BCUT2D eigenvalue weighted by Crippen LogP contribution is 2.32. The fourth-order valence-corrected chi connectivity index (χ4v) is 4.18. The minimum atomic E-state index is -0.158. The zero-order chi connectivity index (χ0) is 15.6. The summed E-state index contributed by atoms with van der Waals surface area (Å²) in [5.74, 6) is 3.90. The van der Waals surface area contributed by atoms with Crippen molar-refractivity contribution in [2.45, 2.75) is 0 Å². The van der Waals surface area contributed by atoms with E-state index in [1.54, 1.807) is 12.1 Å². The summed E-state index contributed by atoms with van der Waals surface area (Å²) in [4.78, 5) is 9.50. The van der Waals surface area contributed by atoms with Crippen LogP contribution >= 0.6 is 11.8 Å². The molecule has 122 valence electrons. The van der Waals surface area contributed by atoms with E-state index < -0.39 is 0 Å². The van der Waals surface area contributed by atoms with Crippen molar-refractivity contribution in [1.29, 1.82) is 0 Å². The molecule has 0 aliphatic carbocycles. The predicted octanol–water partition coefficient (Wildman–Crippen LogP) is 2.34. The number of pyridine rings is 1. The Morgan fingerprint density at radius 3 is 2.57 bits per heavy atom. The third kappa shape index (κ3) is 2.97. The van der Waals surface area contributed by atoms with Crippen LogP contribution in [0, 0.1) is 5.82 Å². The molecule has 0 atom stereocenters. The van der Waals surface area contributed by atoms with Gasteiger partial charge in [-0.25, -0.2) is 9.37 Å². The first-order valence-electron chi connectivity index (χ1n) is 8.20. The van der Waals surface area contributed by atoms with Gasteiger partial charge in [-0.2, -0.15) is 11.8 Å². The first kappa shape index (κ1) is 15.0. The number of hydrogen-bond acceptors (Lipinski definition) is 5. The standard InChI is InChI=1S/C17H21FN4S/c18-15-3-1-2-13-14(15)12-16(21-6-4-19-5-7-21)20-17(13)22-8-10-23-11-9-22/h1-3,12,19H,4-11H2. The van der Waals surface area contributed by atoms with Crippen LogP contribution in [-0.4, -0.2) is 55.8 Å². The fourth-order valence-electron chi connectivity index (χ4n) is 3.28. The van der Waals surface area contributed by atoms with Gasteiger partial charge in [0.25, 0.3) is 0 Å². The van der Waals surface area contributed by atoms with Gasteiger partial charge in [-0.15, -0.1) is 0 Å². The van der Waals surface area contributed by atoms with Crippen LogP contribution in [0.5, 0.6) is 0 Å². The van der Waals surface area contributed by atoms with Crippen molar-refractivity contribution < 1.29 is 4.39 Å². The van der Waals surface area contributed by atoms with Gasteiger partial charge in [0.2, 0.25) is 0 Å². The maximum atomic E-state index is 14.4. The number of nitrogens with one attached hydrogen (secondary N) is 1. The second-order valence-corrected chi connectivity index (χ2v) is 7.20. The van der Waals surface area contributed by atoms with Gasteiger partial charge in [-0.3, -0.25) is 0 Å². The molecule has 0 spiro atoms.